The molecule has 2 aromatic carbocycles. The highest BCUT2D eigenvalue weighted by atomic mass is 35.5. The predicted octanol–water partition coefficient (Wildman–Crippen LogP) is 5.65. The van der Waals surface area contributed by atoms with E-state index in [1.54, 1.807) is 22.8 Å². The maximum absolute atomic E-state index is 12.1. The van der Waals surface area contributed by atoms with Crippen molar-refractivity contribution in [1.82, 2.24) is 4.57 Å². The minimum Gasteiger partial charge on any atom is -0.493 e. The number of nitrogens with zero attached hydrogens (tertiary/aromatic N) is 3. The van der Waals surface area contributed by atoms with Crippen LogP contribution < -0.4 is 4.74 Å². The third-order valence-corrected chi connectivity index (χ3v) is 4.45. The Morgan fingerprint density at radius 2 is 2.00 bits per heavy atom. The number of aromatic nitrogens is 1. The zero-order valence-corrected chi connectivity index (χ0v) is 16.8. The Bertz CT molecular complexity index is 1040. The number of rotatable bonds is 6. The van der Waals surface area contributed by atoms with E-state index in [1.165, 1.54) is 0 Å². The lowest BCUT2D eigenvalue weighted by atomic mass is 10.2. The minimum atomic E-state index is -0.547. The first-order valence-electron chi connectivity index (χ1n) is 9.00. The molecule has 0 radical (unpaired) electrons. The van der Waals surface area contributed by atoms with Crippen LogP contribution in [0.1, 0.15) is 19.4 Å². The number of aryl methyl sites for hydroxylation is 1. The van der Waals surface area contributed by atoms with Gasteiger partial charge in [-0.1, -0.05) is 43.6 Å². The van der Waals surface area contributed by atoms with Gasteiger partial charge in [-0.25, -0.2) is 0 Å². The maximum Gasteiger partial charge on any atom is 0.302 e. The van der Waals surface area contributed by atoms with Gasteiger partial charge in [0.05, 0.1) is 5.52 Å². The van der Waals surface area contributed by atoms with Crippen molar-refractivity contribution in [3.05, 3.63) is 53.1 Å². The van der Waals surface area contributed by atoms with Gasteiger partial charge in [0, 0.05) is 17.0 Å². The van der Waals surface area contributed by atoms with Crippen LogP contribution in [-0.4, -0.2) is 22.2 Å². The Morgan fingerprint density at radius 3 is 2.71 bits per heavy atom. The molecule has 0 spiro atoms. The molecule has 0 saturated heterocycles. The van der Waals surface area contributed by atoms with Crippen LogP contribution in [-0.2, 0) is 11.3 Å². The molecule has 146 valence electrons. The number of halogens is 1. The molecule has 0 saturated carbocycles. The fraction of sp³-hybridized carbons (Fsp3) is 0.286. The summed E-state index contributed by atoms with van der Waals surface area (Å²) in [6, 6.07) is 12.7. The molecule has 7 heteroatoms. The molecule has 1 aromatic heterocycles. The molecule has 1 heterocycles. The van der Waals surface area contributed by atoms with E-state index < -0.39 is 5.91 Å². The van der Waals surface area contributed by atoms with Crippen LogP contribution in [0, 0.1) is 12.8 Å². The van der Waals surface area contributed by atoms with Crippen LogP contribution >= 0.6 is 11.6 Å². The van der Waals surface area contributed by atoms with E-state index >= 15 is 0 Å². The van der Waals surface area contributed by atoms with Gasteiger partial charge < -0.3 is 14.4 Å². The average Bonchev–Trinajstić information content (AvgIpc) is 2.90. The van der Waals surface area contributed by atoms with Gasteiger partial charge >= 0.3 is 5.91 Å². The molecular formula is C21H22ClN3O3. The molecule has 0 fully saturated rings. The smallest absolute Gasteiger partial charge is 0.302 e. The molecule has 28 heavy (non-hydrogen) atoms. The van der Waals surface area contributed by atoms with Gasteiger partial charge in [-0.15, -0.1) is 10.2 Å². The molecule has 6 nitrogen and oxygen atoms in total. The SMILES string of the molecule is Cc1cc(Cl)ccc1OCC(=O)N=Nc1c(O)n(CC(C)C)c2ccccc12. The number of para-hydroxylation sites is 1. The lowest BCUT2D eigenvalue weighted by Gasteiger charge is -2.09. The van der Waals surface area contributed by atoms with Crippen LogP contribution in [0.4, 0.5) is 5.69 Å². The number of aromatic hydroxyl groups is 1. The third kappa shape index (κ3) is 4.34. The van der Waals surface area contributed by atoms with Crippen molar-refractivity contribution in [3.8, 4) is 11.6 Å². The maximum atomic E-state index is 12.1. The van der Waals surface area contributed by atoms with E-state index in [0.717, 1.165) is 16.5 Å². The summed E-state index contributed by atoms with van der Waals surface area (Å²) in [5, 5.41) is 19.7. The van der Waals surface area contributed by atoms with Crippen molar-refractivity contribution in [2.45, 2.75) is 27.3 Å². The number of fused-ring (bicyclic) bond motifs is 1. The van der Waals surface area contributed by atoms with Gasteiger partial charge in [0.1, 0.15) is 5.75 Å². The van der Waals surface area contributed by atoms with Crippen LogP contribution in [0.5, 0.6) is 11.6 Å². The Kier molecular flexibility index (Phi) is 5.99. The van der Waals surface area contributed by atoms with E-state index in [-0.39, 0.29) is 18.2 Å². The van der Waals surface area contributed by atoms with Crippen molar-refractivity contribution in [3.63, 3.8) is 0 Å². The Balaban J connectivity index is 1.79. The van der Waals surface area contributed by atoms with Gasteiger partial charge in [-0.2, -0.15) is 0 Å². The number of benzene rings is 2. The van der Waals surface area contributed by atoms with Crippen LogP contribution in [0.25, 0.3) is 10.9 Å². The number of ether oxygens (including phenoxy) is 1. The first-order chi connectivity index (χ1) is 13.4. The second-order valence-corrected chi connectivity index (χ2v) is 7.42. The number of carbonyl (C=O) groups excluding carboxylic acids is 1. The van der Waals surface area contributed by atoms with Crippen LogP contribution in [0.15, 0.2) is 52.7 Å². The molecule has 3 aromatic rings. The van der Waals surface area contributed by atoms with E-state index in [4.69, 9.17) is 16.3 Å². The summed E-state index contributed by atoms with van der Waals surface area (Å²) in [5.41, 5.74) is 1.96. The number of amides is 1. The summed E-state index contributed by atoms with van der Waals surface area (Å²) in [5.74, 6) is 0.351. The molecule has 1 N–H and O–H groups in total. The Morgan fingerprint density at radius 1 is 1.25 bits per heavy atom. The average molecular weight is 400 g/mol. The number of carbonyl (C=O) groups is 1. The summed E-state index contributed by atoms with van der Waals surface area (Å²) < 4.78 is 7.27. The number of hydrogen-bond acceptors (Lipinski definition) is 4. The van der Waals surface area contributed by atoms with Gasteiger partial charge in [0.2, 0.25) is 5.88 Å². The van der Waals surface area contributed by atoms with Crippen molar-refractivity contribution in [2.24, 2.45) is 16.1 Å². The molecule has 1 amide bonds. The topological polar surface area (TPSA) is 76.2 Å². The monoisotopic (exact) mass is 399 g/mol. The fourth-order valence-corrected chi connectivity index (χ4v) is 3.20. The highest BCUT2D eigenvalue weighted by Crippen LogP contribution is 2.39. The van der Waals surface area contributed by atoms with Crippen LogP contribution in [0.3, 0.4) is 0 Å². The normalized spacial score (nSPS) is 11.6. The van der Waals surface area contributed by atoms with Crippen molar-refractivity contribution < 1.29 is 14.6 Å². The Hall–Kier alpha value is -2.86. The molecular weight excluding hydrogens is 378 g/mol. The fourth-order valence-electron chi connectivity index (χ4n) is 2.97. The van der Waals surface area contributed by atoms with Crippen molar-refractivity contribution in [2.75, 3.05) is 6.61 Å². The zero-order chi connectivity index (χ0) is 20.3. The molecule has 0 aliphatic rings. The van der Waals surface area contributed by atoms with Gasteiger partial charge in [0.15, 0.2) is 12.3 Å². The largest absolute Gasteiger partial charge is 0.493 e. The highest BCUT2D eigenvalue weighted by Gasteiger charge is 2.17. The summed E-state index contributed by atoms with van der Waals surface area (Å²) in [4.78, 5) is 12.1. The standard InChI is InChI=1S/C21H22ClN3O3/c1-13(2)11-25-17-7-5-4-6-16(17)20(21(25)27)24-23-19(26)12-28-18-9-8-15(22)10-14(18)3/h4-10,13,27H,11-12H2,1-3H3. The van der Waals surface area contributed by atoms with E-state index in [2.05, 4.69) is 24.1 Å². The summed E-state index contributed by atoms with van der Waals surface area (Å²) in [7, 11) is 0. The van der Waals surface area contributed by atoms with Gasteiger partial charge in [0.25, 0.3) is 0 Å². The van der Waals surface area contributed by atoms with Crippen molar-refractivity contribution >= 4 is 34.1 Å². The summed E-state index contributed by atoms with van der Waals surface area (Å²) in [6.07, 6.45) is 0. The van der Waals surface area contributed by atoms with Gasteiger partial charge in [-0.3, -0.25) is 4.79 Å². The van der Waals surface area contributed by atoms with Gasteiger partial charge in [-0.05, 0) is 42.7 Å². The van der Waals surface area contributed by atoms with E-state index in [1.807, 2.05) is 31.2 Å². The molecule has 0 aliphatic heterocycles. The zero-order valence-electron chi connectivity index (χ0n) is 16.0. The lowest BCUT2D eigenvalue weighted by molar-refractivity contribution is -0.120. The molecule has 0 bridgehead atoms. The second kappa shape index (κ2) is 8.44. The third-order valence-electron chi connectivity index (χ3n) is 4.21. The molecule has 0 atom stereocenters. The van der Waals surface area contributed by atoms with Crippen molar-refractivity contribution in [1.29, 1.82) is 0 Å². The summed E-state index contributed by atoms with van der Waals surface area (Å²) >= 11 is 5.91. The number of hydrogen-bond donors (Lipinski definition) is 1. The van der Waals surface area contributed by atoms with E-state index in [0.29, 0.717) is 23.2 Å². The quantitative estimate of drug-likeness (QED) is 0.544. The second-order valence-electron chi connectivity index (χ2n) is 6.99. The summed E-state index contributed by atoms with van der Waals surface area (Å²) in [6.45, 7) is 6.35. The predicted molar refractivity (Wildman–Crippen MR) is 110 cm³/mol. The lowest BCUT2D eigenvalue weighted by Crippen LogP contribution is -2.08. The first-order valence-corrected chi connectivity index (χ1v) is 9.38. The Labute approximate surface area is 168 Å². The van der Waals surface area contributed by atoms with E-state index in [9.17, 15) is 9.90 Å². The highest BCUT2D eigenvalue weighted by molar-refractivity contribution is 6.30. The first kappa shape index (κ1) is 19.9. The van der Waals surface area contributed by atoms with Crippen LogP contribution in [0.2, 0.25) is 5.02 Å². The molecule has 3 rings (SSSR count). The molecule has 0 aliphatic carbocycles. The molecule has 0 unspecified atom stereocenters. The number of azo groups is 1. The minimum absolute atomic E-state index is 0.000846.